The highest BCUT2D eigenvalue weighted by atomic mass is 16.5. The van der Waals surface area contributed by atoms with E-state index in [1.54, 1.807) is 0 Å². The number of hydrogen-bond donors (Lipinski definition) is 1. The average Bonchev–Trinajstić information content (AvgIpc) is 2.79. The van der Waals surface area contributed by atoms with Gasteiger partial charge in [-0.05, 0) is 30.5 Å². The summed E-state index contributed by atoms with van der Waals surface area (Å²) < 4.78 is 11.3. The second kappa shape index (κ2) is 5.65. The van der Waals surface area contributed by atoms with Crippen LogP contribution in [0.4, 0.5) is 0 Å². The van der Waals surface area contributed by atoms with E-state index in [4.69, 9.17) is 9.47 Å². The van der Waals surface area contributed by atoms with Crippen LogP contribution in [0, 0.1) is 6.92 Å². The van der Waals surface area contributed by atoms with Crippen molar-refractivity contribution in [2.45, 2.75) is 32.1 Å². The molecule has 0 spiro atoms. The minimum atomic E-state index is -0.200. The molecule has 5 nitrogen and oxygen atoms in total. The smallest absolute Gasteiger partial charge is 0.338 e. The maximum atomic E-state index is 11.7. The molecule has 5 heteroatoms. The average molecular weight is 302 g/mol. The van der Waals surface area contributed by atoms with Gasteiger partial charge in [0.1, 0.15) is 6.61 Å². The van der Waals surface area contributed by atoms with E-state index in [1.165, 1.54) is 5.56 Å². The Hall–Kier alpha value is -1.43. The molecule has 0 saturated carbocycles. The number of fused-ring (bicyclic) bond motifs is 2. The van der Waals surface area contributed by atoms with E-state index < -0.39 is 0 Å². The van der Waals surface area contributed by atoms with Crippen LogP contribution in [0.3, 0.4) is 0 Å². The second-order valence-electron chi connectivity index (χ2n) is 6.38. The summed E-state index contributed by atoms with van der Waals surface area (Å²) in [6.45, 7) is 7.39. The fraction of sp³-hybridized carbons (Fsp3) is 0.588. The quantitative estimate of drug-likeness (QED) is 0.795. The maximum absolute atomic E-state index is 11.7. The van der Waals surface area contributed by atoms with Gasteiger partial charge in [-0.3, -0.25) is 4.90 Å². The Morgan fingerprint density at radius 3 is 3.18 bits per heavy atom. The molecule has 2 saturated heterocycles. The lowest BCUT2D eigenvalue weighted by Crippen LogP contribution is -2.51. The predicted molar refractivity (Wildman–Crippen MR) is 81.8 cm³/mol. The van der Waals surface area contributed by atoms with Crippen LogP contribution in [0.1, 0.15) is 39.6 Å². The molecule has 3 heterocycles. The zero-order chi connectivity index (χ0) is 15.1. The van der Waals surface area contributed by atoms with Gasteiger partial charge in [0, 0.05) is 44.4 Å². The van der Waals surface area contributed by atoms with Gasteiger partial charge in [-0.15, -0.1) is 0 Å². The molecule has 0 aromatic heterocycles. The topological polar surface area (TPSA) is 50.8 Å². The molecule has 4 rings (SSSR count). The number of carbonyl (C=O) groups is 1. The Kier molecular flexibility index (Phi) is 3.64. The standard InChI is InChI=1S/C17H22N2O3/c1-11-13(2-3-14-15(11)10-22-17(14)20)16-9-19-6-5-18-8-12(19)4-7-21-16/h2-3,12,16,18H,4-10H2,1H3/t12-,16-/m1/s1. The molecule has 2 atom stereocenters. The molecule has 2 fully saturated rings. The number of ether oxygens (including phenoxy) is 2. The van der Waals surface area contributed by atoms with Crippen molar-refractivity contribution in [3.63, 3.8) is 0 Å². The number of rotatable bonds is 1. The first-order valence-electron chi connectivity index (χ1n) is 8.10. The van der Waals surface area contributed by atoms with E-state index in [2.05, 4.69) is 17.1 Å². The molecule has 0 bridgehead atoms. The van der Waals surface area contributed by atoms with E-state index in [1.807, 2.05) is 12.1 Å². The number of benzene rings is 1. The molecule has 22 heavy (non-hydrogen) atoms. The van der Waals surface area contributed by atoms with Gasteiger partial charge in [0.05, 0.1) is 11.7 Å². The van der Waals surface area contributed by atoms with Crippen molar-refractivity contribution < 1.29 is 14.3 Å². The summed E-state index contributed by atoms with van der Waals surface area (Å²) in [7, 11) is 0. The summed E-state index contributed by atoms with van der Waals surface area (Å²) in [4.78, 5) is 14.2. The number of piperazine rings is 1. The van der Waals surface area contributed by atoms with Crippen LogP contribution in [0.5, 0.6) is 0 Å². The molecule has 0 amide bonds. The normalized spacial score (nSPS) is 28.7. The van der Waals surface area contributed by atoms with Crippen LogP contribution in [0.2, 0.25) is 0 Å². The number of cyclic esters (lactones) is 1. The third kappa shape index (κ3) is 2.33. The Morgan fingerprint density at radius 2 is 2.27 bits per heavy atom. The molecule has 3 aliphatic heterocycles. The Labute approximate surface area is 130 Å². The van der Waals surface area contributed by atoms with Crippen molar-refractivity contribution in [1.82, 2.24) is 10.2 Å². The lowest BCUT2D eigenvalue weighted by molar-refractivity contribution is 0.0509. The molecule has 1 aromatic carbocycles. The summed E-state index contributed by atoms with van der Waals surface area (Å²) in [5.74, 6) is -0.200. The summed E-state index contributed by atoms with van der Waals surface area (Å²) >= 11 is 0. The third-order valence-electron chi connectivity index (χ3n) is 5.20. The molecule has 0 radical (unpaired) electrons. The third-order valence-corrected chi connectivity index (χ3v) is 5.20. The van der Waals surface area contributed by atoms with E-state index in [0.717, 1.165) is 55.9 Å². The molecular formula is C17H22N2O3. The highest BCUT2D eigenvalue weighted by Gasteiger charge is 2.31. The summed E-state index contributed by atoms with van der Waals surface area (Å²) in [5, 5.41) is 3.47. The van der Waals surface area contributed by atoms with Gasteiger partial charge in [0.15, 0.2) is 0 Å². The summed E-state index contributed by atoms with van der Waals surface area (Å²) in [6, 6.07) is 4.53. The zero-order valence-corrected chi connectivity index (χ0v) is 12.9. The first-order valence-corrected chi connectivity index (χ1v) is 8.10. The van der Waals surface area contributed by atoms with E-state index >= 15 is 0 Å². The fourth-order valence-corrected chi connectivity index (χ4v) is 3.84. The van der Waals surface area contributed by atoms with Crippen molar-refractivity contribution in [2.24, 2.45) is 0 Å². The number of nitrogens with one attached hydrogen (secondary N) is 1. The van der Waals surface area contributed by atoms with Crippen LogP contribution < -0.4 is 5.32 Å². The largest absolute Gasteiger partial charge is 0.457 e. The molecule has 1 N–H and O–H groups in total. The Bertz CT molecular complexity index is 602. The lowest BCUT2D eigenvalue weighted by atomic mass is 9.95. The maximum Gasteiger partial charge on any atom is 0.338 e. The van der Waals surface area contributed by atoms with Crippen LogP contribution in [0.25, 0.3) is 0 Å². The minimum absolute atomic E-state index is 0.0871. The van der Waals surface area contributed by atoms with Crippen molar-refractivity contribution in [3.8, 4) is 0 Å². The molecule has 118 valence electrons. The van der Waals surface area contributed by atoms with Crippen molar-refractivity contribution in [3.05, 3.63) is 34.4 Å². The van der Waals surface area contributed by atoms with Crippen LogP contribution in [-0.2, 0) is 16.1 Å². The van der Waals surface area contributed by atoms with Gasteiger partial charge in [0.25, 0.3) is 0 Å². The number of esters is 1. The Morgan fingerprint density at radius 1 is 1.36 bits per heavy atom. The van der Waals surface area contributed by atoms with Crippen LogP contribution in [-0.4, -0.2) is 49.7 Å². The van der Waals surface area contributed by atoms with Gasteiger partial charge in [-0.1, -0.05) is 6.07 Å². The van der Waals surface area contributed by atoms with Crippen molar-refractivity contribution in [2.75, 3.05) is 32.8 Å². The van der Waals surface area contributed by atoms with Crippen molar-refractivity contribution in [1.29, 1.82) is 0 Å². The second-order valence-corrected chi connectivity index (χ2v) is 6.38. The Balaban J connectivity index is 1.63. The molecular weight excluding hydrogens is 280 g/mol. The fourth-order valence-electron chi connectivity index (χ4n) is 3.84. The minimum Gasteiger partial charge on any atom is -0.457 e. The predicted octanol–water partition coefficient (Wildman–Crippen LogP) is 1.40. The molecule has 1 aromatic rings. The van der Waals surface area contributed by atoms with Gasteiger partial charge in [-0.2, -0.15) is 0 Å². The van der Waals surface area contributed by atoms with Gasteiger partial charge in [-0.25, -0.2) is 4.79 Å². The van der Waals surface area contributed by atoms with E-state index in [9.17, 15) is 4.79 Å². The highest BCUT2D eigenvalue weighted by molar-refractivity contribution is 5.93. The SMILES string of the molecule is Cc1c([C@H]2CN3CCNC[C@H]3CCO2)ccc2c1COC2=O. The number of nitrogens with zero attached hydrogens (tertiary/aromatic N) is 1. The van der Waals surface area contributed by atoms with E-state index in [-0.39, 0.29) is 12.1 Å². The summed E-state index contributed by atoms with van der Waals surface area (Å²) in [6.07, 6.45) is 1.17. The zero-order valence-electron chi connectivity index (χ0n) is 12.9. The molecule has 0 unspecified atom stereocenters. The lowest BCUT2D eigenvalue weighted by Gasteiger charge is -2.35. The molecule has 3 aliphatic rings. The highest BCUT2D eigenvalue weighted by Crippen LogP contribution is 2.32. The number of hydrogen-bond acceptors (Lipinski definition) is 5. The monoisotopic (exact) mass is 302 g/mol. The van der Waals surface area contributed by atoms with Crippen LogP contribution in [0.15, 0.2) is 12.1 Å². The van der Waals surface area contributed by atoms with Gasteiger partial charge in [0.2, 0.25) is 0 Å². The molecule has 0 aliphatic carbocycles. The van der Waals surface area contributed by atoms with E-state index in [0.29, 0.717) is 12.6 Å². The van der Waals surface area contributed by atoms with Gasteiger partial charge < -0.3 is 14.8 Å². The summed E-state index contributed by atoms with van der Waals surface area (Å²) in [5.41, 5.74) is 4.11. The van der Waals surface area contributed by atoms with Gasteiger partial charge >= 0.3 is 5.97 Å². The first kappa shape index (κ1) is 14.2. The van der Waals surface area contributed by atoms with Crippen molar-refractivity contribution >= 4 is 5.97 Å². The first-order chi connectivity index (χ1) is 10.7. The van der Waals surface area contributed by atoms with Crippen LogP contribution >= 0.6 is 0 Å². The number of carbonyl (C=O) groups excluding carboxylic acids is 1.